The molecule has 3 N–H and O–H groups in total. The molecule has 152 valence electrons. The average molecular weight is 402 g/mol. The van der Waals surface area contributed by atoms with Crippen LogP contribution in [0.15, 0.2) is 18.2 Å². The number of amides is 2. The molecule has 8 nitrogen and oxygen atoms in total. The zero-order valence-electron chi connectivity index (χ0n) is 15.9. The Kier molecular flexibility index (Phi) is 9.34. The summed E-state index contributed by atoms with van der Waals surface area (Å²) in [5, 5.41) is 8.70. The van der Waals surface area contributed by atoms with E-state index in [1.54, 1.807) is 25.3 Å². The number of piperidine rings is 1. The van der Waals surface area contributed by atoms with Crippen LogP contribution in [0.2, 0.25) is 0 Å². The Balaban J connectivity index is 0.00000364. The minimum Gasteiger partial charge on any atom is -0.497 e. The highest BCUT2D eigenvalue weighted by Gasteiger charge is 2.39. The highest BCUT2D eigenvalue weighted by molar-refractivity contribution is 5.95. The summed E-state index contributed by atoms with van der Waals surface area (Å²) in [5.41, 5.74) is -0.0478. The Hall–Kier alpha value is -2.03. The zero-order chi connectivity index (χ0) is 19.0. The number of carbonyl (C=O) groups is 2. The summed E-state index contributed by atoms with van der Waals surface area (Å²) < 4.78 is 15.6. The van der Waals surface area contributed by atoms with Gasteiger partial charge in [0.25, 0.3) is 0 Å². The van der Waals surface area contributed by atoms with Gasteiger partial charge in [0.2, 0.25) is 11.8 Å². The molecule has 1 aliphatic rings. The summed E-state index contributed by atoms with van der Waals surface area (Å²) >= 11 is 0. The van der Waals surface area contributed by atoms with Crippen molar-refractivity contribution < 1.29 is 23.8 Å². The largest absolute Gasteiger partial charge is 0.497 e. The van der Waals surface area contributed by atoms with E-state index < -0.39 is 5.41 Å². The monoisotopic (exact) mass is 401 g/mol. The number of carbonyl (C=O) groups excluding carboxylic acids is 2. The maximum Gasteiger partial charge on any atom is 0.243 e. The van der Waals surface area contributed by atoms with Crippen molar-refractivity contribution in [3.05, 3.63) is 18.2 Å². The first-order valence-corrected chi connectivity index (χ1v) is 8.54. The molecule has 1 heterocycles. The van der Waals surface area contributed by atoms with Crippen LogP contribution in [0.25, 0.3) is 0 Å². The highest BCUT2D eigenvalue weighted by Crippen LogP contribution is 2.29. The molecule has 0 aromatic heterocycles. The van der Waals surface area contributed by atoms with E-state index in [0.29, 0.717) is 36.6 Å². The van der Waals surface area contributed by atoms with Crippen molar-refractivity contribution in [3.63, 3.8) is 0 Å². The number of benzene rings is 1. The predicted octanol–water partition coefficient (Wildman–Crippen LogP) is 1.20. The lowest BCUT2D eigenvalue weighted by molar-refractivity contribution is -0.137. The Bertz CT molecular complexity index is 608. The summed E-state index contributed by atoms with van der Waals surface area (Å²) in [7, 11) is 4.66. The van der Waals surface area contributed by atoms with Gasteiger partial charge in [-0.05, 0) is 25.9 Å². The van der Waals surface area contributed by atoms with Gasteiger partial charge in [0.1, 0.15) is 11.5 Å². The van der Waals surface area contributed by atoms with Crippen LogP contribution < -0.4 is 25.4 Å². The molecule has 0 spiro atoms. The first-order chi connectivity index (χ1) is 12.5. The van der Waals surface area contributed by atoms with Gasteiger partial charge in [-0.3, -0.25) is 9.59 Å². The second-order valence-electron chi connectivity index (χ2n) is 6.30. The number of halogens is 1. The lowest BCUT2D eigenvalue weighted by Crippen LogP contribution is -2.51. The van der Waals surface area contributed by atoms with Crippen LogP contribution in [0, 0.1) is 5.41 Å². The highest BCUT2D eigenvalue weighted by atomic mass is 35.5. The molecule has 0 radical (unpaired) electrons. The van der Waals surface area contributed by atoms with Crippen LogP contribution in [0.4, 0.5) is 5.69 Å². The molecule has 2 amide bonds. The third-order valence-corrected chi connectivity index (χ3v) is 4.51. The fourth-order valence-electron chi connectivity index (χ4n) is 3.05. The van der Waals surface area contributed by atoms with Crippen molar-refractivity contribution in [2.24, 2.45) is 5.41 Å². The van der Waals surface area contributed by atoms with Crippen LogP contribution in [-0.4, -0.2) is 59.4 Å². The first kappa shape index (κ1) is 23.0. The number of hydrogen-bond donors (Lipinski definition) is 3. The number of ether oxygens (including phenoxy) is 3. The molecular weight excluding hydrogens is 374 g/mol. The fraction of sp³-hybridized carbons (Fsp3) is 0.556. The minimum absolute atomic E-state index is 0. The second-order valence-corrected chi connectivity index (χ2v) is 6.30. The van der Waals surface area contributed by atoms with E-state index in [2.05, 4.69) is 16.0 Å². The third kappa shape index (κ3) is 6.27. The maximum absolute atomic E-state index is 12.6. The molecule has 1 aromatic carbocycles. The van der Waals surface area contributed by atoms with Gasteiger partial charge in [0.15, 0.2) is 0 Å². The van der Waals surface area contributed by atoms with Crippen LogP contribution in [0.1, 0.15) is 12.8 Å². The second kappa shape index (κ2) is 11.0. The summed E-state index contributed by atoms with van der Waals surface area (Å²) in [6.45, 7) is 1.74. The van der Waals surface area contributed by atoms with Gasteiger partial charge in [0.05, 0.1) is 32.8 Å². The average Bonchev–Trinajstić information content (AvgIpc) is 2.66. The van der Waals surface area contributed by atoms with E-state index in [1.807, 2.05) is 0 Å². The molecule has 0 unspecified atom stereocenters. The smallest absolute Gasteiger partial charge is 0.243 e. The van der Waals surface area contributed by atoms with Crippen molar-refractivity contribution in [3.8, 4) is 11.5 Å². The van der Waals surface area contributed by atoms with E-state index in [1.165, 1.54) is 14.2 Å². The van der Waals surface area contributed by atoms with E-state index in [4.69, 9.17) is 14.2 Å². The number of hydrogen-bond acceptors (Lipinski definition) is 6. The van der Waals surface area contributed by atoms with Crippen LogP contribution in [0.3, 0.4) is 0 Å². The molecule has 0 aliphatic carbocycles. The lowest BCUT2D eigenvalue weighted by Gasteiger charge is -2.35. The van der Waals surface area contributed by atoms with E-state index in [9.17, 15) is 9.59 Å². The van der Waals surface area contributed by atoms with Gasteiger partial charge in [-0.15, -0.1) is 12.4 Å². The number of anilines is 1. The molecule has 9 heteroatoms. The number of nitrogens with one attached hydrogen (secondary N) is 3. The molecule has 0 saturated carbocycles. The minimum atomic E-state index is -0.584. The van der Waals surface area contributed by atoms with E-state index in [-0.39, 0.29) is 30.8 Å². The molecule has 2 rings (SSSR count). The maximum atomic E-state index is 12.6. The molecule has 0 bridgehead atoms. The molecule has 1 aliphatic heterocycles. The number of rotatable bonds is 8. The molecule has 1 fully saturated rings. The van der Waals surface area contributed by atoms with Gasteiger partial charge in [-0.25, -0.2) is 0 Å². The van der Waals surface area contributed by atoms with Gasteiger partial charge in [0, 0.05) is 31.0 Å². The van der Waals surface area contributed by atoms with Crippen LogP contribution >= 0.6 is 12.4 Å². The topological polar surface area (TPSA) is 97.9 Å². The fourth-order valence-corrected chi connectivity index (χ4v) is 3.05. The predicted molar refractivity (Wildman–Crippen MR) is 105 cm³/mol. The third-order valence-electron chi connectivity index (χ3n) is 4.51. The van der Waals surface area contributed by atoms with Crippen LogP contribution in [-0.2, 0) is 14.3 Å². The summed E-state index contributed by atoms with van der Waals surface area (Å²) in [5.74, 6) is 0.657. The van der Waals surface area contributed by atoms with Crippen molar-refractivity contribution >= 4 is 29.9 Å². The number of methoxy groups -OCH3 is 3. The summed E-state index contributed by atoms with van der Waals surface area (Å²) in [6.07, 6.45) is 1.36. The van der Waals surface area contributed by atoms with Gasteiger partial charge in [-0.1, -0.05) is 0 Å². The quantitative estimate of drug-likeness (QED) is 0.605. The first-order valence-electron chi connectivity index (χ1n) is 8.54. The van der Waals surface area contributed by atoms with Gasteiger partial charge in [-0.2, -0.15) is 0 Å². The van der Waals surface area contributed by atoms with E-state index in [0.717, 1.165) is 13.1 Å². The molecule has 1 saturated heterocycles. The Morgan fingerprint density at radius 2 is 1.67 bits per heavy atom. The summed E-state index contributed by atoms with van der Waals surface area (Å²) in [6, 6.07) is 5.08. The Labute approximate surface area is 165 Å². The molecular formula is C18H28ClN3O5. The van der Waals surface area contributed by atoms with Gasteiger partial charge < -0.3 is 30.2 Å². The molecule has 1 aromatic rings. The summed E-state index contributed by atoms with van der Waals surface area (Å²) in [4.78, 5) is 24.8. The van der Waals surface area contributed by atoms with Crippen molar-refractivity contribution in [2.75, 3.05) is 52.9 Å². The zero-order valence-corrected chi connectivity index (χ0v) is 16.7. The van der Waals surface area contributed by atoms with Gasteiger partial charge >= 0.3 is 0 Å². The molecule has 0 atom stereocenters. The van der Waals surface area contributed by atoms with E-state index >= 15 is 0 Å². The molecule has 27 heavy (non-hydrogen) atoms. The van der Waals surface area contributed by atoms with Crippen LogP contribution in [0.5, 0.6) is 11.5 Å². The van der Waals surface area contributed by atoms with Crippen molar-refractivity contribution in [1.82, 2.24) is 10.6 Å². The SMILES string of the molecule is COCC1(C(=O)NCC(=O)Nc2cc(OC)cc(OC)c2)CCNCC1.Cl. The Morgan fingerprint density at radius 1 is 1.07 bits per heavy atom. The van der Waals surface area contributed by atoms with Crippen molar-refractivity contribution in [1.29, 1.82) is 0 Å². The normalized spacial score (nSPS) is 15.2. The Morgan fingerprint density at radius 3 is 2.19 bits per heavy atom. The lowest BCUT2D eigenvalue weighted by atomic mass is 9.78. The standard InChI is InChI=1S/C18H27N3O5.ClH/c1-24-12-18(4-6-19-7-5-18)17(23)20-11-16(22)21-13-8-14(25-2)10-15(9-13)26-3;/h8-10,19H,4-7,11-12H2,1-3H3,(H,20,23)(H,21,22);1H. The van der Waals surface area contributed by atoms with Crippen molar-refractivity contribution in [2.45, 2.75) is 12.8 Å².